The van der Waals surface area contributed by atoms with Crippen molar-refractivity contribution in [3.8, 4) is 0 Å². The zero-order valence-corrected chi connectivity index (χ0v) is 13.6. The number of hydrogen-bond acceptors (Lipinski definition) is 3. The average molecular weight is 311 g/mol. The van der Waals surface area contributed by atoms with Gasteiger partial charge in [0.25, 0.3) is 5.91 Å². The number of carbonyl (C=O) groups is 2. The van der Waals surface area contributed by atoms with Crippen molar-refractivity contribution < 1.29 is 9.59 Å². The Kier molecular flexibility index (Phi) is 5.36. The fourth-order valence-corrected chi connectivity index (χ4v) is 2.00. The molecule has 0 spiro atoms. The smallest absolute Gasteiger partial charge is 0.255 e. The number of rotatable bonds is 5. The Morgan fingerprint density at radius 3 is 1.91 bits per heavy atom. The molecule has 0 aliphatic heterocycles. The third-order valence-corrected chi connectivity index (χ3v) is 3.39. The molecule has 0 aliphatic carbocycles. The largest absolute Gasteiger partial charge is 0.378 e. The molecule has 5 nitrogen and oxygen atoms in total. The van der Waals surface area contributed by atoms with Gasteiger partial charge in [0, 0.05) is 43.1 Å². The van der Waals surface area contributed by atoms with Crippen LogP contribution in [0.15, 0.2) is 48.5 Å². The van der Waals surface area contributed by atoms with Crippen molar-refractivity contribution in [2.24, 2.45) is 0 Å². The Bertz CT molecular complexity index is 676. The molecular weight excluding hydrogens is 290 g/mol. The summed E-state index contributed by atoms with van der Waals surface area (Å²) in [7, 11) is 3.93. The summed E-state index contributed by atoms with van der Waals surface area (Å²) in [6, 6.07) is 14.4. The van der Waals surface area contributed by atoms with Gasteiger partial charge in [0.15, 0.2) is 0 Å². The Labute approximate surface area is 136 Å². The van der Waals surface area contributed by atoms with E-state index in [-0.39, 0.29) is 11.8 Å². The highest BCUT2D eigenvalue weighted by molar-refractivity contribution is 6.04. The lowest BCUT2D eigenvalue weighted by atomic mass is 10.2. The van der Waals surface area contributed by atoms with E-state index in [2.05, 4.69) is 10.6 Å². The second kappa shape index (κ2) is 7.45. The van der Waals surface area contributed by atoms with E-state index in [1.807, 2.05) is 43.3 Å². The fraction of sp³-hybridized carbons (Fsp3) is 0.222. The van der Waals surface area contributed by atoms with Gasteiger partial charge in [-0.25, -0.2) is 0 Å². The van der Waals surface area contributed by atoms with E-state index in [4.69, 9.17) is 0 Å². The Morgan fingerprint density at radius 2 is 1.39 bits per heavy atom. The SMILES string of the molecule is CCC(=O)Nc1ccc(C(=O)Nc2ccc(N(C)C)cc2)cc1. The van der Waals surface area contributed by atoms with Crippen LogP contribution in [-0.4, -0.2) is 25.9 Å². The van der Waals surface area contributed by atoms with Gasteiger partial charge in [-0.05, 0) is 48.5 Å². The first-order valence-corrected chi connectivity index (χ1v) is 7.48. The van der Waals surface area contributed by atoms with Gasteiger partial charge in [0.1, 0.15) is 0 Å². The number of nitrogens with one attached hydrogen (secondary N) is 2. The van der Waals surface area contributed by atoms with Gasteiger partial charge in [0.05, 0.1) is 0 Å². The zero-order chi connectivity index (χ0) is 16.8. The molecular formula is C18H21N3O2. The molecule has 0 saturated heterocycles. The molecule has 2 aromatic rings. The van der Waals surface area contributed by atoms with Gasteiger partial charge in [-0.15, -0.1) is 0 Å². The molecule has 0 saturated carbocycles. The third-order valence-electron chi connectivity index (χ3n) is 3.39. The van der Waals surface area contributed by atoms with Crippen molar-refractivity contribution in [2.45, 2.75) is 13.3 Å². The highest BCUT2D eigenvalue weighted by Gasteiger charge is 2.07. The molecule has 0 heterocycles. The van der Waals surface area contributed by atoms with E-state index in [9.17, 15) is 9.59 Å². The summed E-state index contributed by atoms with van der Waals surface area (Å²) >= 11 is 0. The van der Waals surface area contributed by atoms with Crippen LogP contribution in [0.4, 0.5) is 17.1 Å². The van der Waals surface area contributed by atoms with Crippen molar-refractivity contribution in [1.82, 2.24) is 0 Å². The number of nitrogens with zero attached hydrogens (tertiary/aromatic N) is 1. The third kappa shape index (κ3) is 4.57. The van der Waals surface area contributed by atoms with Crippen LogP contribution in [0.25, 0.3) is 0 Å². The molecule has 0 fully saturated rings. The van der Waals surface area contributed by atoms with Crippen molar-refractivity contribution >= 4 is 28.9 Å². The zero-order valence-electron chi connectivity index (χ0n) is 13.6. The van der Waals surface area contributed by atoms with Crippen LogP contribution >= 0.6 is 0 Å². The Balaban J connectivity index is 2.01. The van der Waals surface area contributed by atoms with Gasteiger partial charge < -0.3 is 15.5 Å². The summed E-state index contributed by atoms with van der Waals surface area (Å²) in [4.78, 5) is 25.5. The van der Waals surface area contributed by atoms with Crippen molar-refractivity contribution in [3.05, 3.63) is 54.1 Å². The van der Waals surface area contributed by atoms with E-state index >= 15 is 0 Å². The summed E-state index contributed by atoms with van der Waals surface area (Å²) in [5.74, 6) is -0.237. The maximum Gasteiger partial charge on any atom is 0.255 e. The van der Waals surface area contributed by atoms with E-state index in [1.165, 1.54) is 0 Å². The number of carbonyl (C=O) groups excluding carboxylic acids is 2. The highest BCUT2D eigenvalue weighted by Crippen LogP contribution is 2.17. The quantitative estimate of drug-likeness (QED) is 0.890. The molecule has 0 unspecified atom stereocenters. The maximum atomic E-state index is 12.2. The lowest BCUT2D eigenvalue weighted by Crippen LogP contribution is -2.13. The summed E-state index contributed by atoms with van der Waals surface area (Å²) in [6.45, 7) is 1.79. The normalized spacial score (nSPS) is 10.0. The number of benzene rings is 2. The van der Waals surface area contributed by atoms with Crippen LogP contribution in [0, 0.1) is 0 Å². The van der Waals surface area contributed by atoms with Crippen molar-refractivity contribution in [3.63, 3.8) is 0 Å². The lowest BCUT2D eigenvalue weighted by molar-refractivity contribution is -0.115. The van der Waals surface area contributed by atoms with Crippen molar-refractivity contribution in [2.75, 3.05) is 29.6 Å². The first-order valence-electron chi connectivity index (χ1n) is 7.48. The second-order valence-electron chi connectivity index (χ2n) is 5.37. The van der Waals surface area contributed by atoms with Gasteiger partial charge in [0.2, 0.25) is 5.91 Å². The molecule has 2 aromatic carbocycles. The molecule has 2 N–H and O–H groups in total. The molecule has 23 heavy (non-hydrogen) atoms. The highest BCUT2D eigenvalue weighted by atomic mass is 16.2. The molecule has 0 bridgehead atoms. The second-order valence-corrected chi connectivity index (χ2v) is 5.37. The first-order chi connectivity index (χ1) is 11.0. The number of anilines is 3. The fourth-order valence-electron chi connectivity index (χ4n) is 2.00. The van der Waals surface area contributed by atoms with Crippen LogP contribution in [-0.2, 0) is 4.79 Å². The lowest BCUT2D eigenvalue weighted by Gasteiger charge is -2.13. The Hall–Kier alpha value is -2.82. The van der Waals surface area contributed by atoms with Crippen molar-refractivity contribution in [1.29, 1.82) is 0 Å². The summed E-state index contributed by atoms with van der Waals surface area (Å²) in [5.41, 5.74) is 3.03. The summed E-state index contributed by atoms with van der Waals surface area (Å²) < 4.78 is 0. The van der Waals surface area contributed by atoms with Crippen LogP contribution < -0.4 is 15.5 Å². The van der Waals surface area contributed by atoms with Gasteiger partial charge in [-0.2, -0.15) is 0 Å². The number of hydrogen-bond donors (Lipinski definition) is 2. The molecule has 0 radical (unpaired) electrons. The minimum atomic E-state index is -0.184. The monoisotopic (exact) mass is 311 g/mol. The maximum absolute atomic E-state index is 12.2. The average Bonchev–Trinajstić information content (AvgIpc) is 2.55. The standard InChI is InChI=1S/C18H21N3O2/c1-4-17(22)19-14-7-5-13(6-8-14)18(23)20-15-9-11-16(12-10-15)21(2)3/h5-12H,4H2,1-3H3,(H,19,22)(H,20,23). The van der Waals surface area contributed by atoms with E-state index < -0.39 is 0 Å². The molecule has 0 aromatic heterocycles. The summed E-state index contributed by atoms with van der Waals surface area (Å²) in [6.07, 6.45) is 0.422. The van der Waals surface area contributed by atoms with Crippen LogP contribution in [0.1, 0.15) is 23.7 Å². The topological polar surface area (TPSA) is 61.4 Å². The summed E-state index contributed by atoms with van der Waals surface area (Å²) in [5, 5.41) is 5.60. The van der Waals surface area contributed by atoms with E-state index in [0.29, 0.717) is 17.7 Å². The van der Waals surface area contributed by atoms with E-state index in [1.54, 1.807) is 31.2 Å². The van der Waals surface area contributed by atoms with Crippen LogP contribution in [0.3, 0.4) is 0 Å². The molecule has 5 heteroatoms. The van der Waals surface area contributed by atoms with E-state index in [0.717, 1.165) is 11.4 Å². The predicted octanol–water partition coefficient (Wildman–Crippen LogP) is 3.35. The molecule has 0 atom stereocenters. The minimum absolute atomic E-state index is 0.0526. The minimum Gasteiger partial charge on any atom is -0.378 e. The predicted molar refractivity (Wildman–Crippen MR) is 94.1 cm³/mol. The van der Waals surface area contributed by atoms with Crippen LogP contribution in [0.2, 0.25) is 0 Å². The number of amides is 2. The van der Waals surface area contributed by atoms with Gasteiger partial charge >= 0.3 is 0 Å². The van der Waals surface area contributed by atoms with Gasteiger partial charge in [-0.1, -0.05) is 6.92 Å². The van der Waals surface area contributed by atoms with Crippen LogP contribution in [0.5, 0.6) is 0 Å². The molecule has 2 amide bonds. The van der Waals surface area contributed by atoms with Gasteiger partial charge in [-0.3, -0.25) is 9.59 Å². The molecule has 120 valence electrons. The first kappa shape index (κ1) is 16.5. The Morgan fingerprint density at radius 1 is 0.870 bits per heavy atom. The molecule has 0 aliphatic rings. The molecule has 2 rings (SSSR count).